The van der Waals surface area contributed by atoms with Gasteiger partial charge in [-0.3, -0.25) is 4.79 Å². The molecule has 1 rings (SSSR count). The van der Waals surface area contributed by atoms with Crippen molar-refractivity contribution in [2.75, 3.05) is 13.1 Å². The molecule has 1 aromatic carbocycles. The van der Waals surface area contributed by atoms with Gasteiger partial charge in [0.15, 0.2) is 0 Å². The fourth-order valence-corrected chi connectivity index (χ4v) is 1.85. The van der Waals surface area contributed by atoms with E-state index in [-0.39, 0.29) is 11.8 Å². The second kappa shape index (κ2) is 7.07. The van der Waals surface area contributed by atoms with E-state index in [2.05, 4.69) is 36.5 Å². The summed E-state index contributed by atoms with van der Waals surface area (Å²) in [4.78, 5) is 11.4. The summed E-state index contributed by atoms with van der Waals surface area (Å²) in [7, 11) is 0. The van der Waals surface area contributed by atoms with E-state index in [4.69, 9.17) is 5.73 Å². The van der Waals surface area contributed by atoms with E-state index in [0.29, 0.717) is 19.5 Å². The fourth-order valence-electron chi connectivity index (χ4n) is 1.85. The maximum absolute atomic E-state index is 11.4. The average Bonchev–Trinajstić information content (AvgIpc) is 2.32. The summed E-state index contributed by atoms with van der Waals surface area (Å²) < 4.78 is 0. The summed E-state index contributed by atoms with van der Waals surface area (Å²) in [5.74, 6) is 0.385. The third kappa shape index (κ3) is 4.57. The van der Waals surface area contributed by atoms with Crippen molar-refractivity contribution >= 4 is 5.91 Å². The second-order valence-corrected chi connectivity index (χ2v) is 4.34. The van der Waals surface area contributed by atoms with E-state index in [1.807, 2.05) is 6.92 Å². The Kier molecular flexibility index (Phi) is 5.70. The number of hydrogen-bond donors (Lipinski definition) is 2. The van der Waals surface area contributed by atoms with Gasteiger partial charge < -0.3 is 11.1 Å². The molecule has 0 saturated heterocycles. The number of carbonyl (C=O) groups is 1. The van der Waals surface area contributed by atoms with Crippen LogP contribution in [0.3, 0.4) is 0 Å². The zero-order valence-corrected chi connectivity index (χ0v) is 10.7. The second-order valence-electron chi connectivity index (χ2n) is 4.34. The summed E-state index contributed by atoms with van der Waals surface area (Å²) in [6.07, 6.45) is 1.36. The van der Waals surface area contributed by atoms with Crippen molar-refractivity contribution in [3.8, 4) is 0 Å². The summed E-state index contributed by atoms with van der Waals surface area (Å²) in [5, 5.41) is 2.81. The highest BCUT2D eigenvalue weighted by Crippen LogP contribution is 2.20. The quantitative estimate of drug-likeness (QED) is 0.790. The minimum Gasteiger partial charge on any atom is -0.356 e. The molecule has 0 heterocycles. The molecule has 3 heteroatoms. The normalized spacial score (nSPS) is 12.2. The minimum atomic E-state index is 0.109. The standard InChI is InChI=1S/C14H22N2O/c1-3-16-14(17)9-8-13(10-15)12-6-4-11(2)5-7-12/h4-7,13H,3,8-10,15H2,1-2H3,(H,16,17). The topological polar surface area (TPSA) is 55.1 Å². The van der Waals surface area contributed by atoms with Crippen molar-refractivity contribution in [3.63, 3.8) is 0 Å². The van der Waals surface area contributed by atoms with E-state index < -0.39 is 0 Å². The lowest BCUT2D eigenvalue weighted by molar-refractivity contribution is -0.121. The number of benzene rings is 1. The molecule has 94 valence electrons. The Bertz CT molecular complexity index is 346. The molecule has 0 saturated carbocycles. The largest absolute Gasteiger partial charge is 0.356 e. The van der Waals surface area contributed by atoms with Gasteiger partial charge in [0, 0.05) is 13.0 Å². The summed E-state index contributed by atoms with van der Waals surface area (Å²) >= 11 is 0. The molecule has 0 spiro atoms. The zero-order chi connectivity index (χ0) is 12.7. The van der Waals surface area contributed by atoms with Crippen LogP contribution in [0.15, 0.2) is 24.3 Å². The van der Waals surface area contributed by atoms with E-state index >= 15 is 0 Å². The van der Waals surface area contributed by atoms with Crippen LogP contribution in [0.2, 0.25) is 0 Å². The van der Waals surface area contributed by atoms with Gasteiger partial charge in [-0.05, 0) is 38.3 Å². The van der Waals surface area contributed by atoms with Gasteiger partial charge in [0.2, 0.25) is 5.91 Å². The van der Waals surface area contributed by atoms with Crippen molar-refractivity contribution in [2.45, 2.75) is 32.6 Å². The van der Waals surface area contributed by atoms with Gasteiger partial charge in [0.25, 0.3) is 0 Å². The minimum absolute atomic E-state index is 0.109. The fraction of sp³-hybridized carbons (Fsp3) is 0.500. The van der Waals surface area contributed by atoms with Crippen LogP contribution in [0.25, 0.3) is 0 Å². The zero-order valence-electron chi connectivity index (χ0n) is 10.7. The third-order valence-corrected chi connectivity index (χ3v) is 2.93. The predicted molar refractivity (Wildman–Crippen MR) is 70.9 cm³/mol. The molecule has 0 radical (unpaired) electrons. The lowest BCUT2D eigenvalue weighted by Gasteiger charge is -2.15. The Labute approximate surface area is 103 Å². The third-order valence-electron chi connectivity index (χ3n) is 2.93. The molecule has 0 aromatic heterocycles. The molecule has 0 bridgehead atoms. The molecule has 17 heavy (non-hydrogen) atoms. The molecular weight excluding hydrogens is 212 g/mol. The Morgan fingerprint density at radius 3 is 2.53 bits per heavy atom. The molecule has 0 aliphatic heterocycles. The van der Waals surface area contributed by atoms with Crippen LogP contribution in [0, 0.1) is 6.92 Å². The van der Waals surface area contributed by atoms with E-state index in [0.717, 1.165) is 6.42 Å². The van der Waals surface area contributed by atoms with Gasteiger partial charge in [-0.2, -0.15) is 0 Å². The highest BCUT2D eigenvalue weighted by molar-refractivity contribution is 5.75. The first-order chi connectivity index (χ1) is 8.17. The van der Waals surface area contributed by atoms with Crippen LogP contribution in [0.5, 0.6) is 0 Å². The van der Waals surface area contributed by atoms with Crippen molar-refractivity contribution in [1.82, 2.24) is 5.32 Å². The van der Waals surface area contributed by atoms with Crippen molar-refractivity contribution in [3.05, 3.63) is 35.4 Å². The SMILES string of the molecule is CCNC(=O)CCC(CN)c1ccc(C)cc1. The number of carbonyl (C=O) groups excluding carboxylic acids is 1. The highest BCUT2D eigenvalue weighted by atomic mass is 16.1. The summed E-state index contributed by atoms with van der Waals surface area (Å²) in [6.45, 7) is 5.27. The maximum atomic E-state index is 11.4. The van der Waals surface area contributed by atoms with Gasteiger partial charge in [-0.25, -0.2) is 0 Å². The number of amides is 1. The Morgan fingerprint density at radius 1 is 1.35 bits per heavy atom. The molecule has 1 unspecified atom stereocenters. The maximum Gasteiger partial charge on any atom is 0.220 e. The molecule has 1 amide bonds. The van der Waals surface area contributed by atoms with Crippen LogP contribution in [-0.2, 0) is 4.79 Å². The van der Waals surface area contributed by atoms with Crippen LogP contribution in [-0.4, -0.2) is 19.0 Å². The van der Waals surface area contributed by atoms with Gasteiger partial charge in [-0.15, -0.1) is 0 Å². The van der Waals surface area contributed by atoms with E-state index in [1.54, 1.807) is 0 Å². The molecule has 1 aromatic rings. The molecule has 3 nitrogen and oxygen atoms in total. The van der Waals surface area contributed by atoms with Gasteiger partial charge in [-0.1, -0.05) is 29.8 Å². The number of nitrogens with one attached hydrogen (secondary N) is 1. The van der Waals surface area contributed by atoms with Crippen LogP contribution >= 0.6 is 0 Å². The molecule has 0 fully saturated rings. The van der Waals surface area contributed by atoms with Gasteiger partial charge in [0.1, 0.15) is 0 Å². The van der Waals surface area contributed by atoms with Crippen molar-refractivity contribution < 1.29 is 4.79 Å². The lowest BCUT2D eigenvalue weighted by atomic mass is 9.93. The number of rotatable bonds is 6. The smallest absolute Gasteiger partial charge is 0.220 e. The average molecular weight is 234 g/mol. The molecule has 0 aliphatic carbocycles. The monoisotopic (exact) mass is 234 g/mol. The Hall–Kier alpha value is -1.35. The molecule has 3 N–H and O–H groups in total. The molecule has 1 atom stereocenters. The van der Waals surface area contributed by atoms with Crippen molar-refractivity contribution in [1.29, 1.82) is 0 Å². The summed E-state index contributed by atoms with van der Waals surface area (Å²) in [5.41, 5.74) is 8.24. The Balaban J connectivity index is 2.54. The first-order valence-corrected chi connectivity index (χ1v) is 6.20. The first kappa shape index (κ1) is 13.7. The van der Waals surface area contributed by atoms with E-state index in [1.165, 1.54) is 11.1 Å². The van der Waals surface area contributed by atoms with Gasteiger partial charge in [0.05, 0.1) is 0 Å². The van der Waals surface area contributed by atoms with Gasteiger partial charge >= 0.3 is 0 Å². The highest BCUT2D eigenvalue weighted by Gasteiger charge is 2.11. The van der Waals surface area contributed by atoms with Crippen molar-refractivity contribution in [2.24, 2.45) is 5.73 Å². The number of nitrogens with two attached hydrogens (primary N) is 1. The first-order valence-electron chi connectivity index (χ1n) is 6.20. The van der Waals surface area contributed by atoms with E-state index in [9.17, 15) is 4.79 Å². The molecule has 0 aliphatic rings. The number of aryl methyl sites for hydroxylation is 1. The van der Waals surface area contributed by atoms with Crippen LogP contribution in [0.4, 0.5) is 0 Å². The Morgan fingerprint density at radius 2 is 2.00 bits per heavy atom. The predicted octanol–water partition coefficient (Wildman–Crippen LogP) is 1.95. The number of hydrogen-bond acceptors (Lipinski definition) is 2. The van der Waals surface area contributed by atoms with Crippen LogP contribution in [0.1, 0.15) is 36.8 Å². The van der Waals surface area contributed by atoms with Crippen LogP contribution < -0.4 is 11.1 Å². The summed E-state index contributed by atoms with van der Waals surface area (Å²) in [6, 6.07) is 8.38. The lowest BCUT2D eigenvalue weighted by Crippen LogP contribution is -2.24. The molecular formula is C14H22N2O.